The molecule has 2 aromatic heterocycles. The number of amides is 1. The van der Waals surface area contributed by atoms with Gasteiger partial charge in [-0.15, -0.1) is 11.3 Å². The number of nitrogens with zero attached hydrogens (tertiary/aromatic N) is 3. The lowest BCUT2D eigenvalue weighted by Crippen LogP contribution is -2.28. The van der Waals surface area contributed by atoms with E-state index >= 15 is 0 Å². The molecule has 0 radical (unpaired) electrons. The van der Waals surface area contributed by atoms with Crippen LogP contribution in [0.15, 0.2) is 22.1 Å². The zero-order chi connectivity index (χ0) is 14.0. The maximum atomic E-state index is 12.4. The first kappa shape index (κ1) is 14.3. The Balaban J connectivity index is 2.14. The Bertz CT molecular complexity index is 590. The van der Waals surface area contributed by atoms with E-state index in [1.54, 1.807) is 23.3 Å². The Morgan fingerprint density at radius 1 is 1.58 bits per heavy atom. The van der Waals surface area contributed by atoms with Gasteiger partial charge in [0.15, 0.2) is 0 Å². The van der Waals surface area contributed by atoms with Crippen LogP contribution in [0.5, 0.6) is 0 Å². The SMILES string of the molecule is CCn1cc(Br)cc1C(=O)N(C)Cc1csc(C)n1. The average Bonchev–Trinajstić information content (AvgIpc) is 2.94. The summed E-state index contributed by atoms with van der Waals surface area (Å²) < 4.78 is 2.87. The molecule has 0 atom stereocenters. The molecule has 102 valence electrons. The lowest BCUT2D eigenvalue weighted by molar-refractivity contribution is 0.0773. The molecular formula is C13H16BrN3OS. The van der Waals surface area contributed by atoms with E-state index in [0.29, 0.717) is 12.2 Å². The molecule has 19 heavy (non-hydrogen) atoms. The van der Waals surface area contributed by atoms with E-state index in [1.165, 1.54) is 0 Å². The zero-order valence-electron chi connectivity index (χ0n) is 11.2. The van der Waals surface area contributed by atoms with Crippen molar-refractivity contribution in [2.75, 3.05) is 7.05 Å². The van der Waals surface area contributed by atoms with E-state index in [9.17, 15) is 4.79 Å². The Morgan fingerprint density at radius 2 is 2.32 bits per heavy atom. The van der Waals surface area contributed by atoms with Crippen LogP contribution in [0.25, 0.3) is 0 Å². The summed E-state index contributed by atoms with van der Waals surface area (Å²) in [4.78, 5) is 18.5. The fourth-order valence-electron chi connectivity index (χ4n) is 1.91. The summed E-state index contributed by atoms with van der Waals surface area (Å²) in [6, 6.07) is 1.86. The highest BCUT2D eigenvalue weighted by Gasteiger charge is 2.17. The Kier molecular flexibility index (Phi) is 4.42. The molecule has 0 aliphatic carbocycles. The highest BCUT2D eigenvalue weighted by Crippen LogP contribution is 2.17. The van der Waals surface area contributed by atoms with Crippen molar-refractivity contribution in [1.29, 1.82) is 0 Å². The molecule has 2 rings (SSSR count). The van der Waals surface area contributed by atoms with Gasteiger partial charge in [0.2, 0.25) is 0 Å². The van der Waals surface area contributed by atoms with Crippen molar-refractivity contribution >= 4 is 33.2 Å². The van der Waals surface area contributed by atoms with Crippen molar-refractivity contribution in [3.8, 4) is 0 Å². The summed E-state index contributed by atoms with van der Waals surface area (Å²) in [5.41, 5.74) is 1.64. The Labute approximate surface area is 125 Å². The molecule has 0 saturated carbocycles. The zero-order valence-corrected chi connectivity index (χ0v) is 13.6. The molecule has 0 N–H and O–H groups in total. The molecule has 4 nitrogen and oxygen atoms in total. The summed E-state index contributed by atoms with van der Waals surface area (Å²) in [6.07, 6.45) is 1.92. The highest BCUT2D eigenvalue weighted by atomic mass is 79.9. The highest BCUT2D eigenvalue weighted by molar-refractivity contribution is 9.10. The van der Waals surface area contributed by atoms with Crippen LogP contribution in [0.1, 0.15) is 28.1 Å². The van der Waals surface area contributed by atoms with Crippen molar-refractivity contribution in [2.24, 2.45) is 0 Å². The van der Waals surface area contributed by atoms with Crippen molar-refractivity contribution in [1.82, 2.24) is 14.5 Å². The van der Waals surface area contributed by atoms with E-state index in [2.05, 4.69) is 20.9 Å². The van der Waals surface area contributed by atoms with Crippen molar-refractivity contribution in [3.05, 3.63) is 38.5 Å². The number of aryl methyl sites for hydroxylation is 2. The summed E-state index contributed by atoms with van der Waals surface area (Å²) in [5.74, 6) is 0.0122. The molecule has 0 unspecified atom stereocenters. The van der Waals surface area contributed by atoms with E-state index in [0.717, 1.165) is 21.7 Å². The van der Waals surface area contributed by atoms with Gasteiger partial charge in [-0.3, -0.25) is 4.79 Å². The molecule has 6 heteroatoms. The third kappa shape index (κ3) is 3.25. The number of aromatic nitrogens is 2. The third-order valence-corrected chi connectivity index (χ3v) is 4.09. The van der Waals surface area contributed by atoms with Crippen LogP contribution in [0.3, 0.4) is 0 Å². The van der Waals surface area contributed by atoms with Crippen LogP contribution >= 0.6 is 27.3 Å². The molecule has 0 fully saturated rings. The van der Waals surface area contributed by atoms with Gasteiger partial charge in [-0.25, -0.2) is 4.98 Å². The molecule has 0 aliphatic rings. The van der Waals surface area contributed by atoms with Crippen molar-refractivity contribution in [3.63, 3.8) is 0 Å². The second-order valence-corrected chi connectivity index (χ2v) is 6.33. The topological polar surface area (TPSA) is 38.1 Å². The first-order valence-corrected chi connectivity index (χ1v) is 7.70. The minimum atomic E-state index is 0.0122. The Morgan fingerprint density at radius 3 is 2.89 bits per heavy atom. The summed E-state index contributed by atoms with van der Waals surface area (Å²) in [6.45, 7) is 5.30. The number of carbonyl (C=O) groups is 1. The van der Waals surface area contributed by atoms with Gasteiger partial charge in [0, 0.05) is 29.6 Å². The van der Waals surface area contributed by atoms with Gasteiger partial charge in [0.05, 0.1) is 17.2 Å². The smallest absolute Gasteiger partial charge is 0.270 e. The van der Waals surface area contributed by atoms with Gasteiger partial charge < -0.3 is 9.47 Å². The summed E-state index contributed by atoms with van der Waals surface area (Å²) in [7, 11) is 1.80. The number of thiazole rings is 1. The van der Waals surface area contributed by atoms with Crippen LogP contribution in [0.2, 0.25) is 0 Å². The quantitative estimate of drug-likeness (QED) is 0.855. The monoisotopic (exact) mass is 341 g/mol. The van der Waals surface area contributed by atoms with Crippen LogP contribution in [0.4, 0.5) is 0 Å². The van der Waals surface area contributed by atoms with Crippen molar-refractivity contribution < 1.29 is 4.79 Å². The number of halogens is 1. The van der Waals surface area contributed by atoms with Crippen LogP contribution in [-0.4, -0.2) is 27.4 Å². The summed E-state index contributed by atoms with van der Waals surface area (Å²) in [5, 5.41) is 3.02. The number of hydrogen-bond donors (Lipinski definition) is 0. The van der Waals surface area contributed by atoms with Crippen LogP contribution in [0, 0.1) is 6.92 Å². The predicted octanol–water partition coefficient (Wildman–Crippen LogP) is 3.31. The van der Waals surface area contributed by atoms with Gasteiger partial charge in [0.1, 0.15) is 5.69 Å². The number of rotatable bonds is 4. The largest absolute Gasteiger partial charge is 0.343 e. The molecule has 0 spiro atoms. The maximum Gasteiger partial charge on any atom is 0.270 e. The first-order chi connectivity index (χ1) is 9.01. The number of carbonyl (C=O) groups excluding carboxylic acids is 1. The lowest BCUT2D eigenvalue weighted by atomic mass is 10.3. The van der Waals surface area contributed by atoms with E-state index in [-0.39, 0.29) is 5.91 Å². The fraction of sp³-hybridized carbons (Fsp3) is 0.385. The van der Waals surface area contributed by atoms with E-state index in [4.69, 9.17) is 0 Å². The summed E-state index contributed by atoms with van der Waals surface area (Å²) >= 11 is 5.01. The van der Waals surface area contributed by atoms with Gasteiger partial charge in [-0.05, 0) is 35.8 Å². The minimum Gasteiger partial charge on any atom is -0.343 e. The van der Waals surface area contributed by atoms with Crippen LogP contribution < -0.4 is 0 Å². The molecule has 0 aliphatic heterocycles. The van der Waals surface area contributed by atoms with Gasteiger partial charge >= 0.3 is 0 Å². The van der Waals surface area contributed by atoms with Gasteiger partial charge in [0.25, 0.3) is 5.91 Å². The molecular weight excluding hydrogens is 326 g/mol. The molecule has 2 aromatic rings. The molecule has 1 amide bonds. The van der Waals surface area contributed by atoms with Crippen molar-refractivity contribution in [2.45, 2.75) is 26.9 Å². The Hall–Kier alpha value is -1.14. The molecule has 2 heterocycles. The predicted molar refractivity (Wildman–Crippen MR) is 80.5 cm³/mol. The van der Waals surface area contributed by atoms with E-state index < -0.39 is 0 Å². The van der Waals surface area contributed by atoms with Gasteiger partial charge in [-0.1, -0.05) is 0 Å². The second kappa shape index (κ2) is 5.88. The van der Waals surface area contributed by atoms with Crippen LogP contribution in [-0.2, 0) is 13.1 Å². The van der Waals surface area contributed by atoms with E-state index in [1.807, 2.05) is 36.1 Å². The fourth-order valence-corrected chi connectivity index (χ4v) is 2.97. The normalized spacial score (nSPS) is 10.7. The van der Waals surface area contributed by atoms with Gasteiger partial charge in [-0.2, -0.15) is 0 Å². The molecule has 0 bridgehead atoms. The minimum absolute atomic E-state index is 0.0122. The first-order valence-electron chi connectivity index (χ1n) is 6.03. The molecule has 0 saturated heterocycles. The number of hydrogen-bond acceptors (Lipinski definition) is 3. The molecule has 0 aromatic carbocycles. The maximum absolute atomic E-state index is 12.4. The standard InChI is InChI=1S/C13H16BrN3OS/c1-4-17-6-10(14)5-12(17)13(18)16(3)7-11-8-19-9(2)15-11/h5-6,8H,4,7H2,1-3H3. The second-order valence-electron chi connectivity index (χ2n) is 4.35. The average molecular weight is 342 g/mol. The third-order valence-electron chi connectivity index (χ3n) is 2.84. The lowest BCUT2D eigenvalue weighted by Gasteiger charge is -2.16.